The molecule has 0 bridgehead atoms. The van der Waals surface area contributed by atoms with E-state index in [-0.39, 0.29) is 36.2 Å². The van der Waals surface area contributed by atoms with E-state index in [9.17, 15) is 29.3 Å². The Morgan fingerprint density at radius 1 is 1.38 bits per heavy atom. The third kappa shape index (κ3) is 5.02. The summed E-state index contributed by atoms with van der Waals surface area (Å²) in [6, 6.07) is 3.25. The van der Waals surface area contributed by atoms with Crippen LogP contribution in [0.15, 0.2) is 18.2 Å². The number of ether oxygens (including phenoxy) is 1. The minimum atomic E-state index is -1.05. The Labute approximate surface area is 167 Å². The van der Waals surface area contributed by atoms with Crippen molar-refractivity contribution in [2.75, 3.05) is 7.05 Å². The van der Waals surface area contributed by atoms with Crippen LogP contribution in [0.25, 0.3) is 0 Å². The zero-order valence-corrected chi connectivity index (χ0v) is 16.7. The maximum atomic E-state index is 12.8. The van der Waals surface area contributed by atoms with Gasteiger partial charge in [0, 0.05) is 24.6 Å². The van der Waals surface area contributed by atoms with Crippen LogP contribution in [0.3, 0.4) is 0 Å². The van der Waals surface area contributed by atoms with E-state index in [4.69, 9.17) is 4.74 Å². The number of imide groups is 3. The van der Waals surface area contributed by atoms with Gasteiger partial charge in [0.05, 0.1) is 16.5 Å². The molecule has 29 heavy (non-hydrogen) atoms. The molecular formula is C19H23N3O7. The molecule has 156 valence electrons. The van der Waals surface area contributed by atoms with Gasteiger partial charge in [-0.2, -0.15) is 4.90 Å². The number of carbonyl (C=O) groups is 4. The number of nitro groups is 1. The summed E-state index contributed by atoms with van der Waals surface area (Å²) in [5, 5.41) is 11.3. The predicted molar refractivity (Wildman–Crippen MR) is 101 cm³/mol. The van der Waals surface area contributed by atoms with E-state index < -0.39 is 34.5 Å². The number of hydrogen-bond acceptors (Lipinski definition) is 8. The summed E-state index contributed by atoms with van der Waals surface area (Å²) < 4.78 is 5.14. The van der Waals surface area contributed by atoms with E-state index in [0.29, 0.717) is 11.2 Å². The van der Waals surface area contributed by atoms with E-state index in [0.717, 1.165) is 0 Å². The van der Waals surface area contributed by atoms with Gasteiger partial charge in [-0.15, -0.1) is 0 Å². The minimum absolute atomic E-state index is 0.0581. The van der Waals surface area contributed by atoms with Crippen molar-refractivity contribution < 1.29 is 28.8 Å². The van der Waals surface area contributed by atoms with Crippen LogP contribution < -0.4 is 0 Å². The zero-order valence-electron chi connectivity index (χ0n) is 16.7. The average molecular weight is 405 g/mol. The van der Waals surface area contributed by atoms with Gasteiger partial charge < -0.3 is 4.74 Å². The second-order valence-electron chi connectivity index (χ2n) is 7.74. The highest BCUT2D eigenvalue weighted by atomic mass is 16.6. The number of likely N-dealkylation sites (tertiary alicyclic amines) is 1. The monoisotopic (exact) mass is 405 g/mol. The Morgan fingerprint density at radius 2 is 2.03 bits per heavy atom. The number of aldehydes is 1. The topological polar surface area (TPSA) is 127 Å². The smallest absolute Gasteiger partial charge is 0.424 e. The zero-order chi connectivity index (χ0) is 21.9. The highest BCUT2D eigenvalue weighted by molar-refractivity contribution is 6.12. The van der Waals surface area contributed by atoms with Crippen LogP contribution in [0.5, 0.6) is 0 Å². The summed E-state index contributed by atoms with van der Waals surface area (Å²) in [6.45, 7) is 4.76. The van der Waals surface area contributed by atoms with Crippen LogP contribution in [-0.2, 0) is 20.9 Å². The van der Waals surface area contributed by atoms with Crippen molar-refractivity contribution in [1.82, 2.24) is 9.80 Å². The molecule has 0 saturated carbocycles. The van der Waals surface area contributed by atoms with Gasteiger partial charge in [-0.25, -0.2) is 4.79 Å². The van der Waals surface area contributed by atoms with Gasteiger partial charge in [0.25, 0.3) is 11.6 Å². The molecule has 1 aliphatic rings. The fourth-order valence-electron chi connectivity index (χ4n) is 3.08. The van der Waals surface area contributed by atoms with Gasteiger partial charge in [-0.05, 0) is 34.2 Å². The first-order valence-electron chi connectivity index (χ1n) is 8.97. The van der Waals surface area contributed by atoms with Gasteiger partial charge in [0.15, 0.2) is 6.29 Å². The molecule has 1 saturated heterocycles. The van der Waals surface area contributed by atoms with Crippen LogP contribution in [0.1, 0.15) is 49.5 Å². The van der Waals surface area contributed by atoms with E-state index in [1.807, 2.05) is 0 Å². The largest absolute Gasteiger partial charge is 0.443 e. The van der Waals surface area contributed by atoms with Crippen LogP contribution in [0, 0.1) is 10.1 Å². The molecular weight excluding hydrogens is 382 g/mol. The summed E-state index contributed by atoms with van der Waals surface area (Å²) in [7, 11) is 1.54. The molecule has 0 aromatic heterocycles. The van der Waals surface area contributed by atoms with E-state index in [1.54, 1.807) is 20.8 Å². The van der Waals surface area contributed by atoms with Crippen LogP contribution in [-0.4, -0.2) is 57.6 Å². The molecule has 3 amide bonds. The van der Waals surface area contributed by atoms with Crippen molar-refractivity contribution in [1.29, 1.82) is 0 Å². The Balaban J connectivity index is 2.28. The van der Waals surface area contributed by atoms with Crippen LogP contribution in [0.2, 0.25) is 0 Å². The van der Waals surface area contributed by atoms with Crippen molar-refractivity contribution in [3.05, 3.63) is 39.4 Å². The van der Waals surface area contributed by atoms with Crippen molar-refractivity contribution in [3.8, 4) is 0 Å². The lowest BCUT2D eigenvalue weighted by Gasteiger charge is -2.35. The molecule has 0 aliphatic carbocycles. The lowest BCUT2D eigenvalue weighted by Crippen LogP contribution is -2.56. The second-order valence-corrected chi connectivity index (χ2v) is 7.74. The number of likely N-dealkylation sites (N-methyl/N-ethyl adjacent to an activating group) is 1. The number of nitro benzene ring substituents is 1. The molecule has 2 rings (SSSR count). The maximum absolute atomic E-state index is 12.8. The highest BCUT2D eigenvalue weighted by Crippen LogP contribution is 2.26. The van der Waals surface area contributed by atoms with E-state index in [1.165, 1.54) is 30.1 Å². The second kappa shape index (κ2) is 8.48. The Morgan fingerprint density at radius 3 is 2.59 bits per heavy atom. The number of nitrogens with zero attached hydrogens (tertiary/aromatic N) is 3. The van der Waals surface area contributed by atoms with Crippen molar-refractivity contribution in [3.63, 3.8) is 0 Å². The molecule has 10 heteroatoms. The molecule has 0 spiro atoms. The summed E-state index contributed by atoms with van der Waals surface area (Å²) in [5.41, 5.74) is -0.845. The van der Waals surface area contributed by atoms with Gasteiger partial charge >= 0.3 is 6.09 Å². The van der Waals surface area contributed by atoms with Gasteiger partial charge in [-0.1, -0.05) is 12.1 Å². The van der Waals surface area contributed by atoms with Gasteiger partial charge in [0.2, 0.25) is 5.91 Å². The Kier molecular flexibility index (Phi) is 6.48. The third-order valence-electron chi connectivity index (χ3n) is 4.41. The average Bonchev–Trinajstić information content (AvgIpc) is 2.60. The number of hydrogen-bond donors (Lipinski definition) is 0. The normalized spacial score (nSPS) is 17.4. The molecule has 1 aromatic carbocycles. The Bertz CT molecular complexity index is 860. The molecule has 1 heterocycles. The third-order valence-corrected chi connectivity index (χ3v) is 4.41. The van der Waals surface area contributed by atoms with Gasteiger partial charge in [-0.3, -0.25) is 29.4 Å². The Hall–Kier alpha value is -3.14. The number of benzene rings is 1. The minimum Gasteiger partial charge on any atom is -0.443 e. The quantitative estimate of drug-likeness (QED) is 0.316. The fraction of sp³-hybridized carbons (Fsp3) is 0.474. The summed E-state index contributed by atoms with van der Waals surface area (Å²) >= 11 is 0. The number of piperidine rings is 1. The lowest BCUT2D eigenvalue weighted by molar-refractivity contribution is -0.385. The highest BCUT2D eigenvalue weighted by Gasteiger charge is 2.42. The summed E-state index contributed by atoms with van der Waals surface area (Å²) in [6.07, 6.45) is -0.456. The number of carbonyl (C=O) groups excluding carboxylic acids is 4. The molecule has 10 nitrogen and oxygen atoms in total. The predicted octanol–water partition coefficient (Wildman–Crippen LogP) is 2.29. The van der Waals surface area contributed by atoms with Crippen molar-refractivity contribution >= 4 is 29.9 Å². The molecule has 1 fully saturated rings. The molecule has 0 radical (unpaired) electrons. The van der Waals surface area contributed by atoms with Crippen molar-refractivity contribution in [2.24, 2.45) is 0 Å². The van der Waals surface area contributed by atoms with E-state index >= 15 is 0 Å². The summed E-state index contributed by atoms with van der Waals surface area (Å²) in [4.78, 5) is 61.3. The van der Waals surface area contributed by atoms with Crippen molar-refractivity contribution in [2.45, 2.75) is 51.8 Å². The van der Waals surface area contributed by atoms with Gasteiger partial charge in [0.1, 0.15) is 5.60 Å². The molecule has 1 atom stereocenters. The first-order chi connectivity index (χ1) is 13.5. The molecule has 1 aliphatic heterocycles. The lowest BCUT2D eigenvalue weighted by atomic mass is 10.0. The molecule has 0 N–H and O–H groups in total. The number of rotatable bonds is 5. The van der Waals surface area contributed by atoms with Crippen LogP contribution in [0.4, 0.5) is 10.5 Å². The first kappa shape index (κ1) is 22.2. The number of amides is 3. The maximum Gasteiger partial charge on any atom is 0.424 e. The SMILES string of the molecule is CN(Cc1c(C=O)cccc1[N+](=O)[O-])C1CCC(=O)N(C(=O)OC(C)(C)C)C1=O. The van der Waals surface area contributed by atoms with E-state index in [2.05, 4.69) is 0 Å². The summed E-state index contributed by atoms with van der Waals surface area (Å²) in [5.74, 6) is -1.42. The first-order valence-corrected chi connectivity index (χ1v) is 8.97. The molecule has 1 aromatic rings. The fourth-order valence-corrected chi connectivity index (χ4v) is 3.08. The molecule has 1 unspecified atom stereocenters. The standard InChI is InChI=1S/C19H23N3O7/c1-19(2,3)29-18(26)21-16(24)9-8-15(17(21)25)20(4)10-13-12(11-23)6-5-7-14(13)22(27)28/h5-7,11,15H,8-10H2,1-4H3. The van der Waals surface area contributed by atoms with Crippen LogP contribution >= 0.6 is 0 Å².